The molecule has 3 N–H and O–H groups in total. The van der Waals surface area contributed by atoms with E-state index in [1.165, 1.54) is 19.3 Å². The summed E-state index contributed by atoms with van der Waals surface area (Å²) in [5.41, 5.74) is 5.63. The molecule has 0 atom stereocenters. The first-order chi connectivity index (χ1) is 8.66. The zero-order valence-corrected chi connectivity index (χ0v) is 11.7. The van der Waals surface area contributed by atoms with Crippen molar-refractivity contribution >= 4 is 5.91 Å². The van der Waals surface area contributed by atoms with Crippen LogP contribution in [0.2, 0.25) is 0 Å². The summed E-state index contributed by atoms with van der Waals surface area (Å²) >= 11 is 0. The minimum Gasteiger partial charge on any atom is -0.356 e. The van der Waals surface area contributed by atoms with E-state index in [-0.39, 0.29) is 11.3 Å². The van der Waals surface area contributed by atoms with E-state index >= 15 is 0 Å². The average Bonchev–Trinajstić information content (AvgIpc) is 2.33. The van der Waals surface area contributed by atoms with Crippen LogP contribution in [0.3, 0.4) is 0 Å². The molecule has 2 fully saturated rings. The molecule has 18 heavy (non-hydrogen) atoms. The summed E-state index contributed by atoms with van der Waals surface area (Å²) in [6, 6.07) is 0. The Hall–Kier alpha value is -0.570. The minimum absolute atomic E-state index is 0.219. The quantitative estimate of drug-likeness (QED) is 0.789. The number of hydrogen-bond donors (Lipinski definition) is 2. The summed E-state index contributed by atoms with van der Waals surface area (Å²) in [4.78, 5) is 12.4. The van der Waals surface area contributed by atoms with Crippen LogP contribution in [0, 0.1) is 17.3 Å². The van der Waals surface area contributed by atoms with Gasteiger partial charge in [-0.15, -0.1) is 0 Å². The summed E-state index contributed by atoms with van der Waals surface area (Å²) in [5, 5.41) is 3.14. The van der Waals surface area contributed by atoms with E-state index in [1.807, 2.05) is 0 Å². The lowest BCUT2D eigenvalue weighted by atomic mass is 9.70. The zero-order chi connectivity index (χ0) is 13.0. The van der Waals surface area contributed by atoms with E-state index in [9.17, 15) is 4.79 Å². The monoisotopic (exact) mass is 252 g/mol. The summed E-state index contributed by atoms with van der Waals surface area (Å²) in [6.45, 7) is 3.63. The average molecular weight is 252 g/mol. The minimum atomic E-state index is -0.258. The van der Waals surface area contributed by atoms with Gasteiger partial charge in [0.05, 0.1) is 5.41 Å². The lowest BCUT2D eigenvalue weighted by Gasteiger charge is -2.37. The largest absolute Gasteiger partial charge is 0.356 e. The van der Waals surface area contributed by atoms with Crippen LogP contribution in [0.1, 0.15) is 58.3 Å². The Kier molecular flexibility index (Phi) is 4.66. The molecule has 0 radical (unpaired) electrons. The lowest BCUT2D eigenvalue weighted by Crippen LogP contribution is -2.48. The molecule has 104 valence electrons. The van der Waals surface area contributed by atoms with Crippen LogP contribution in [-0.2, 0) is 4.79 Å². The van der Waals surface area contributed by atoms with Crippen LogP contribution in [0.5, 0.6) is 0 Å². The van der Waals surface area contributed by atoms with Gasteiger partial charge in [0.25, 0.3) is 0 Å². The predicted octanol–water partition coefficient (Wildman–Crippen LogP) is 2.45. The number of rotatable bonds is 5. The van der Waals surface area contributed by atoms with Gasteiger partial charge in [0.2, 0.25) is 5.91 Å². The first-order valence-electron chi connectivity index (χ1n) is 7.65. The Balaban J connectivity index is 1.77. The predicted molar refractivity (Wildman–Crippen MR) is 74.1 cm³/mol. The number of hydrogen-bond acceptors (Lipinski definition) is 2. The molecule has 0 bridgehead atoms. The number of amides is 1. The van der Waals surface area contributed by atoms with Gasteiger partial charge in [-0.3, -0.25) is 4.79 Å². The fourth-order valence-corrected chi connectivity index (χ4v) is 3.20. The van der Waals surface area contributed by atoms with Gasteiger partial charge in [0.1, 0.15) is 0 Å². The van der Waals surface area contributed by atoms with Crippen LogP contribution in [0.4, 0.5) is 0 Å². The summed E-state index contributed by atoms with van der Waals surface area (Å²) < 4.78 is 0. The molecular formula is C15H28N2O. The van der Waals surface area contributed by atoms with E-state index < -0.39 is 0 Å². The van der Waals surface area contributed by atoms with Crippen molar-refractivity contribution in [2.24, 2.45) is 23.0 Å². The Morgan fingerprint density at radius 1 is 1.28 bits per heavy atom. The third-order valence-electron chi connectivity index (χ3n) is 5.17. The van der Waals surface area contributed by atoms with E-state index in [0.717, 1.165) is 50.5 Å². The molecular weight excluding hydrogens is 224 g/mol. The Morgan fingerprint density at radius 3 is 2.44 bits per heavy atom. The highest BCUT2D eigenvalue weighted by Gasteiger charge is 2.39. The Morgan fingerprint density at radius 2 is 1.94 bits per heavy atom. The van der Waals surface area contributed by atoms with Crippen molar-refractivity contribution in [3.05, 3.63) is 0 Å². The van der Waals surface area contributed by atoms with Gasteiger partial charge in [0, 0.05) is 13.1 Å². The molecule has 3 heteroatoms. The number of nitrogens with one attached hydrogen (secondary N) is 1. The molecule has 2 aliphatic carbocycles. The van der Waals surface area contributed by atoms with Crippen molar-refractivity contribution in [2.75, 3.05) is 13.1 Å². The number of nitrogens with two attached hydrogens (primary N) is 1. The van der Waals surface area contributed by atoms with E-state index in [0.29, 0.717) is 6.54 Å². The molecule has 0 aliphatic heterocycles. The highest BCUT2D eigenvalue weighted by Crippen LogP contribution is 2.38. The fraction of sp³-hybridized carbons (Fsp3) is 0.933. The van der Waals surface area contributed by atoms with Gasteiger partial charge in [-0.1, -0.05) is 26.2 Å². The highest BCUT2D eigenvalue weighted by molar-refractivity contribution is 5.83. The van der Waals surface area contributed by atoms with E-state index in [4.69, 9.17) is 5.73 Å². The smallest absolute Gasteiger partial charge is 0.227 e. The maximum Gasteiger partial charge on any atom is 0.227 e. The van der Waals surface area contributed by atoms with Crippen molar-refractivity contribution in [1.82, 2.24) is 5.32 Å². The van der Waals surface area contributed by atoms with Gasteiger partial charge in [-0.25, -0.2) is 0 Å². The van der Waals surface area contributed by atoms with Gasteiger partial charge in [-0.2, -0.15) is 0 Å². The molecule has 0 aromatic heterocycles. The second kappa shape index (κ2) is 6.05. The molecule has 2 saturated carbocycles. The fourth-order valence-electron chi connectivity index (χ4n) is 3.20. The molecule has 2 rings (SSSR count). The number of carbonyl (C=O) groups excluding carboxylic acids is 1. The van der Waals surface area contributed by atoms with Crippen molar-refractivity contribution in [3.63, 3.8) is 0 Å². The topological polar surface area (TPSA) is 55.1 Å². The Labute approximate surface area is 111 Å². The van der Waals surface area contributed by atoms with Crippen LogP contribution in [0.15, 0.2) is 0 Å². The maximum atomic E-state index is 12.4. The van der Waals surface area contributed by atoms with Crippen molar-refractivity contribution in [2.45, 2.75) is 58.3 Å². The zero-order valence-electron chi connectivity index (χ0n) is 11.7. The second-order valence-corrected chi connectivity index (χ2v) is 6.51. The molecule has 0 spiro atoms. The molecule has 0 heterocycles. The van der Waals surface area contributed by atoms with Crippen LogP contribution < -0.4 is 11.1 Å². The van der Waals surface area contributed by atoms with Crippen LogP contribution in [-0.4, -0.2) is 19.0 Å². The molecule has 0 aromatic carbocycles. The van der Waals surface area contributed by atoms with Gasteiger partial charge in [0.15, 0.2) is 0 Å². The normalized spacial score (nSPS) is 32.9. The van der Waals surface area contributed by atoms with Gasteiger partial charge >= 0.3 is 0 Å². The van der Waals surface area contributed by atoms with Crippen LogP contribution >= 0.6 is 0 Å². The van der Waals surface area contributed by atoms with Gasteiger partial charge in [-0.05, 0) is 43.9 Å². The second-order valence-electron chi connectivity index (χ2n) is 6.51. The molecule has 1 amide bonds. The molecule has 0 unspecified atom stereocenters. The highest BCUT2D eigenvalue weighted by atomic mass is 16.2. The van der Waals surface area contributed by atoms with E-state index in [2.05, 4.69) is 12.2 Å². The summed E-state index contributed by atoms with van der Waals surface area (Å²) in [6.07, 6.45) is 9.48. The Bertz CT molecular complexity index is 278. The SMILES string of the molecule is CC1CCC(CN)(C(=O)NCCC2CCC2)CC1. The molecule has 0 aromatic rings. The van der Waals surface area contributed by atoms with E-state index in [1.54, 1.807) is 0 Å². The van der Waals surface area contributed by atoms with Gasteiger partial charge < -0.3 is 11.1 Å². The van der Waals surface area contributed by atoms with Crippen molar-refractivity contribution in [1.29, 1.82) is 0 Å². The molecule has 0 saturated heterocycles. The maximum absolute atomic E-state index is 12.4. The van der Waals surface area contributed by atoms with Crippen molar-refractivity contribution < 1.29 is 4.79 Å². The number of carbonyl (C=O) groups is 1. The third-order valence-corrected chi connectivity index (χ3v) is 5.17. The van der Waals surface area contributed by atoms with Crippen molar-refractivity contribution in [3.8, 4) is 0 Å². The van der Waals surface area contributed by atoms with Crippen LogP contribution in [0.25, 0.3) is 0 Å². The molecule has 2 aliphatic rings. The summed E-state index contributed by atoms with van der Waals surface area (Å²) in [7, 11) is 0. The third kappa shape index (κ3) is 3.05. The first kappa shape index (κ1) is 13.9. The standard InChI is InChI=1S/C15H28N2O/c1-12-5-8-15(11-16,9-6-12)14(18)17-10-7-13-3-2-4-13/h12-13H,2-11,16H2,1H3,(H,17,18). The lowest BCUT2D eigenvalue weighted by molar-refractivity contribution is -0.132. The first-order valence-corrected chi connectivity index (χ1v) is 7.65. The molecule has 3 nitrogen and oxygen atoms in total. The summed E-state index contributed by atoms with van der Waals surface area (Å²) in [5.74, 6) is 1.84.